The molecule has 22 heavy (non-hydrogen) atoms. The molecule has 0 aliphatic rings. The van der Waals surface area contributed by atoms with Crippen molar-refractivity contribution in [1.82, 2.24) is 0 Å². The molecule has 0 aliphatic heterocycles. The van der Waals surface area contributed by atoms with Crippen LogP contribution in [0.2, 0.25) is 0 Å². The van der Waals surface area contributed by atoms with Crippen LogP contribution >= 0.6 is 0 Å². The molecule has 0 amide bonds. The maximum absolute atomic E-state index is 10.3. The number of rotatable bonds is 15. The molecule has 0 unspecified atom stereocenters. The molecular weight excluding hydrogens is 310 g/mol. The quantitative estimate of drug-likeness (QED) is 0.262. The second kappa shape index (κ2) is 25.1. The zero-order chi connectivity index (χ0) is 14.9. The summed E-state index contributed by atoms with van der Waals surface area (Å²) in [6.07, 6.45) is 21.2. The number of aliphatic carboxylic acids is 1. The van der Waals surface area contributed by atoms with Crippen molar-refractivity contribution in [3.63, 3.8) is 0 Å². The molecule has 0 saturated heterocycles. The van der Waals surface area contributed by atoms with Gasteiger partial charge in [-0.05, 0) is 32.1 Å². The number of carboxylic acid groups (broad SMARTS) is 1. The summed E-state index contributed by atoms with van der Waals surface area (Å²) in [5, 5.41) is 8.51. The summed E-state index contributed by atoms with van der Waals surface area (Å²) in [4.78, 5) is 10.3. The van der Waals surface area contributed by atoms with E-state index in [4.69, 9.17) is 5.11 Å². The number of allylic oxidation sites excluding steroid dienone is 2. The van der Waals surface area contributed by atoms with E-state index in [-0.39, 0.29) is 80.9 Å². The Kier molecular flexibility index (Phi) is 32.7. The van der Waals surface area contributed by atoms with Gasteiger partial charge < -0.3 is 5.11 Å². The summed E-state index contributed by atoms with van der Waals surface area (Å²) in [6, 6.07) is 0. The summed E-state index contributed by atoms with van der Waals surface area (Å²) in [5.41, 5.74) is 0. The van der Waals surface area contributed by atoms with E-state index in [1.807, 2.05) is 0 Å². The standard InChI is InChI=1S/C18H34O2.K.Na.2H/c1-2-3-4-5-6-7-8-9-10-11-12-13-14-15-16-17-18(19)20;;;;/h9-10H,2-8,11-17H2,1H3,(H,19,20);;;;/b10-9-;;;;. The van der Waals surface area contributed by atoms with E-state index in [1.54, 1.807) is 0 Å². The first-order valence-corrected chi connectivity index (χ1v) is 8.64. The maximum atomic E-state index is 10.3. The molecular formula is C18H36KNaO2. The van der Waals surface area contributed by atoms with Crippen LogP contribution in [-0.2, 0) is 4.79 Å². The fraction of sp³-hybridized carbons (Fsp3) is 0.833. The Morgan fingerprint density at radius 1 is 0.773 bits per heavy atom. The van der Waals surface area contributed by atoms with Crippen molar-refractivity contribution in [2.45, 2.75) is 96.8 Å². The normalized spacial score (nSPS) is 10.2. The van der Waals surface area contributed by atoms with Crippen LogP contribution in [0.15, 0.2) is 12.2 Å². The number of unbranched alkanes of at least 4 members (excludes halogenated alkanes) is 11. The summed E-state index contributed by atoms with van der Waals surface area (Å²) in [5.74, 6) is -0.664. The fourth-order valence-corrected chi connectivity index (χ4v) is 2.35. The minimum absolute atomic E-state index is 0. The SMILES string of the molecule is CCCCCCCC/C=C\CCCCCCCC(=O)O.[KH].[NaH]. The molecule has 0 fully saturated rings. The zero-order valence-corrected chi connectivity index (χ0v) is 13.4. The Bertz CT molecular complexity index is 245. The number of hydrogen-bond donors (Lipinski definition) is 1. The molecule has 4 heteroatoms. The topological polar surface area (TPSA) is 37.3 Å². The molecule has 0 aromatic rings. The van der Waals surface area contributed by atoms with E-state index < -0.39 is 5.97 Å². The molecule has 0 aliphatic carbocycles. The van der Waals surface area contributed by atoms with Crippen LogP contribution in [-0.4, -0.2) is 92.0 Å². The third-order valence-corrected chi connectivity index (χ3v) is 3.65. The van der Waals surface area contributed by atoms with Gasteiger partial charge in [-0.2, -0.15) is 0 Å². The minimum atomic E-state index is -0.664. The van der Waals surface area contributed by atoms with E-state index in [0.29, 0.717) is 6.42 Å². The predicted molar refractivity (Wildman–Crippen MR) is 101 cm³/mol. The Morgan fingerprint density at radius 3 is 1.64 bits per heavy atom. The van der Waals surface area contributed by atoms with Crippen LogP contribution in [0.25, 0.3) is 0 Å². The Balaban J connectivity index is -0.00000180. The van der Waals surface area contributed by atoms with E-state index >= 15 is 0 Å². The fourth-order valence-electron chi connectivity index (χ4n) is 2.35. The second-order valence-electron chi connectivity index (χ2n) is 5.73. The molecule has 0 rings (SSSR count). The first-order valence-electron chi connectivity index (χ1n) is 8.64. The molecule has 0 radical (unpaired) electrons. The number of hydrogen-bond acceptors (Lipinski definition) is 1. The molecule has 0 aromatic heterocycles. The Labute approximate surface area is 203 Å². The van der Waals surface area contributed by atoms with Crippen molar-refractivity contribution in [3.05, 3.63) is 12.2 Å². The van der Waals surface area contributed by atoms with Crippen LogP contribution < -0.4 is 0 Å². The van der Waals surface area contributed by atoms with Gasteiger partial charge in [-0.15, -0.1) is 0 Å². The summed E-state index contributed by atoms with van der Waals surface area (Å²) < 4.78 is 0. The first-order chi connectivity index (χ1) is 9.77. The van der Waals surface area contributed by atoms with Crippen LogP contribution in [0.3, 0.4) is 0 Å². The van der Waals surface area contributed by atoms with Crippen molar-refractivity contribution in [2.24, 2.45) is 0 Å². The van der Waals surface area contributed by atoms with E-state index in [1.165, 1.54) is 70.6 Å². The van der Waals surface area contributed by atoms with Crippen molar-refractivity contribution in [3.8, 4) is 0 Å². The molecule has 0 heterocycles. The molecule has 0 spiro atoms. The summed E-state index contributed by atoms with van der Waals surface area (Å²) in [7, 11) is 0. The van der Waals surface area contributed by atoms with Gasteiger partial charge in [0.25, 0.3) is 0 Å². The van der Waals surface area contributed by atoms with Gasteiger partial charge in [-0.1, -0.05) is 70.4 Å². The van der Waals surface area contributed by atoms with Crippen LogP contribution in [0, 0.1) is 0 Å². The van der Waals surface area contributed by atoms with Gasteiger partial charge in [0.15, 0.2) is 0 Å². The summed E-state index contributed by atoms with van der Waals surface area (Å²) >= 11 is 0. The third-order valence-electron chi connectivity index (χ3n) is 3.65. The van der Waals surface area contributed by atoms with Gasteiger partial charge in [-0.3, -0.25) is 4.79 Å². The van der Waals surface area contributed by atoms with Gasteiger partial charge in [0.2, 0.25) is 0 Å². The van der Waals surface area contributed by atoms with Gasteiger partial charge in [0.1, 0.15) is 0 Å². The second-order valence-corrected chi connectivity index (χ2v) is 5.73. The van der Waals surface area contributed by atoms with E-state index in [0.717, 1.165) is 12.8 Å². The van der Waals surface area contributed by atoms with Crippen LogP contribution in [0.4, 0.5) is 0 Å². The van der Waals surface area contributed by atoms with Gasteiger partial charge in [0.05, 0.1) is 0 Å². The molecule has 0 saturated carbocycles. The average molecular weight is 347 g/mol. The summed E-state index contributed by atoms with van der Waals surface area (Å²) in [6.45, 7) is 2.26. The van der Waals surface area contributed by atoms with E-state index in [2.05, 4.69) is 19.1 Å². The van der Waals surface area contributed by atoms with Gasteiger partial charge in [0, 0.05) is 6.42 Å². The number of carboxylic acids is 1. The molecule has 2 nitrogen and oxygen atoms in total. The Hall–Kier alpha value is 1.85. The monoisotopic (exact) mass is 346 g/mol. The van der Waals surface area contributed by atoms with Crippen molar-refractivity contribution in [1.29, 1.82) is 0 Å². The molecule has 0 atom stereocenters. The van der Waals surface area contributed by atoms with Gasteiger partial charge in [-0.25, -0.2) is 0 Å². The van der Waals surface area contributed by atoms with Crippen molar-refractivity contribution in [2.75, 3.05) is 0 Å². The van der Waals surface area contributed by atoms with Crippen molar-refractivity contribution < 1.29 is 9.90 Å². The predicted octanol–water partition coefficient (Wildman–Crippen LogP) is 4.81. The molecule has 122 valence electrons. The van der Waals surface area contributed by atoms with E-state index in [9.17, 15) is 4.79 Å². The zero-order valence-electron chi connectivity index (χ0n) is 13.4. The van der Waals surface area contributed by atoms with Crippen LogP contribution in [0.5, 0.6) is 0 Å². The van der Waals surface area contributed by atoms with Crippen molar-refractivity contribution >= 4 is 86.9 Å². The molecule has 0 aromatic carbocycles. The third kappa shape index (κ3) is 26.7. The average Bonchev–Trinajstić information content (AvgIpc) is 2.43. The first kappa shape index (κ1) is 28.6. The molecule has 0 bridgehead atoms. The van der Waals surface area contributed by atoms with Gasteiger partial charge >= 0.3 is 86.9 Å². The Morgan fingerprint density at radius 2 is 1.18 bits per heavy atom. The van der Waals surface area contributed by atoms with Crippen LogP contribution in [0.1, 0.15) is 96.8 Å². The molecule has 1 N–H and O–H groups in total. The number of carbonyl (C=O) groups is 1.